The predicted molar refractivity (Wildman–Crippen MR) is 83.0 cm³/mol. The average molecular weight is 287 g/mol. The second-order valence-electron chi connectivity index (χ2n) is 5.32. The summed E-state index contributed by atoms with van der Waals surface area (Å²) in [5.41, 5.74) is 7.32. The Morgan fingerprint density at radius 2 is 2.19 bits per heavy atom. The number of nitrogens with one attached hydrogen (secondary N) is 1. The van der Waals surface area contributed by atoms with Crippen LogP contribution in [0.1, 0.15) is 24.8 Å². The molecule has 0 saturated carbocycles. The second kappa shape index (κ2) is 6.43. The zero-order chi connectivity index (χ0) is 15.4. The van der Waals surface area contributed by atoms with Crippen molar-refractivity contribution < 1.29 is 9.59 Å². The van der Waals surface area contributed by atoms with Gasteiger partial charge in [-0.05, 0) is 25.0 Å². The Labute approximate surface area is 124 Å². The van der Waals surface area contributed by atoms with E-state index in [1.54, 1.807) is 6.08 Å². The molecule has 0 bridgehead atoms. The second-order valence-corrected chi connectivity index (χ2v) is 5.32. The molecule has 2 unspecified atom stereocenters. The van der Waals surface area contributed by atoms with Crippen LogP contribution in [0.2, 0.25) is 0 Å². The van der Waals surface area contributed by atoms with Crippen LogP contribution in [-0.4, -0.2) is 30.9 Å². The fraction of sp³-hybridized carbons (Fsp3) is 0.375. The molecule has 2 rings (SSSR count). The van der Waals surface area contributed by atoms with Crippen molar-refractivity contribution >= 4 is 17.5 Å². The molecule has 2 amide bonds. The number of nitrogens with two attached hydrogens (primary N) is 1. The quantitative estimate of drug-likeness (QED) is 0.798. The van der Waals surface area contributed by atoms with Gasteiger partial charge >= 0.3 is 0 Å². The third-order valence-electron chi connectivity index (χ3n) is 3.83. The molecule has 0 spiro atoms. The van der Waals surface area contributed by atoms with Crippen molar-refractivity contribution in [1.82, 2.24) is 5.32 Å². The van der Waals surface area contributed by atoms with Crippen LogP contribution in [0, 0.1) is 0 Å². The standard InChI is InChI=1S/C16H21N3O2/c1-3-8-18-15(20)10-19-11(2)9-13(16(17)21)12-6-4-5-7-14(12)19/h3-7,11,13H,1,8-10H2,2H3,(H2,17,21)(H,18,20). The number of fused-ring (bicyclic) bond motifs is 1. The Bertz CT molecular complexity index is 556. The summed E-state index contributed by atoms with van der Waals surface area (Å²) in [6, 6.07) is 7.71. The van der Waals surface area contributed by atoms with Crippen molar-refractivity contribution in [3.63, 3.8) is 0 Å². The summed E-state index contributed by atoms with van der Waals surface area (Å²) in [4.78, 5) is 25.6. The number of hydrogen-bond donors (Lipinski definition) is 2. The SMILES string of the molecule is C=CCNC(=O)CN1c2ccccc2C(C(N)=O)CC1C. The Morgan fingerprint density at radius 1 is 1.48 bits per heavy atom. The smallest absolute Gasteiger partial charge is 0.239 e. The molecule has 112 valence electrons. The lowest BCUT2D eigenvalue weighted by molar-refractivity contribution is -0.119. The number of anilines is 1. The predicted octanol–water partition coefficient (Wildman–Crippen LogP) is 1.16. The summed E-state index contributed by atoms with van der Waals surface area (Å²) in [5, 5.41) is 2.77. The largest absolute Gasteiger partial charge is 0.369 e. The van der Waals surface area contributed by atoms with Gasteiger partial charge in [0.2, 0.25) is 11.8 Å². The highest BCUT2D eigenvalue weighted by Crippen LogP contribution is 2.37. The monoisotopic (exact) mass is 287 g/mol. The number of carbonyl (C=O) groups excluding carboxylic acids is 2. The van der Waals surface area contributed by atoms with E-state index in [0.717, 1.165) is 11.3 Å². The van der Waals surface area contributed by atoms with Gasteiger partial charge in [0, 0.05) is 18.3 Å². The summed E-state index contributed by atoms with van der Waals surface area (Å²) in [6.45, 7) is 6.30. The maximum atomic E-state index is 11.9. The van der Waals surface area contributed by atoms with Gasteiger partial charge in [-0.25, -0.2) is 0 Å². The number of benzene rings is 1. The lowest BCUT2D eigenvalue weighted by Gasteiger charge is -2.39. The van der Waals surface area contributed by atoms with Gasteiger partial charge < -0.3 is 16.0 Å². The molecule has 1 aliphatic heterocycles. The zero-order valence-electron chi connectivity index (χ0n) is 12.2. The topological polar surface area (TPSA) is 75.4 Å². The summed E-state index contributed by atoms with van der Waals surface area (Å²) in [5.74, 6) is -0.664. The Morgan fingerprint density at radius 3 is 2.86 bits per heavy atom. The van der Waals surface area contributed by atoms with Crippen molar-refractivity contribution in [2.24, 2.45) is 5.73 Å². The minimum absolute atomic E-state index is 0.0610. The van der Waals surface area contributed by atoms with Gasteiger partial charge in [-0.3, -0.25) is 9.59 Å². The van der Waals surface area contributed by atoms with Gasteiger partial charge in [0.15, 0.2) is 0 Å². The number of amides is 2. The molecule has 3 N–H and O–H groups in total. The van der Waals surface area contributed by atoms with Crippen LogP contribution in [0.25, 0.3) is 0 Å². The van der Waals surface area contributed by atoms with Gasteiger partial charge in [-0.2, -0.15) is 0 Å². The number of para-hydroxylation sites is 1. The number of primary amides is 1. The molecule has 0 fully saturated rings. The van der Waals surface area contributed by atoms with Crippen LogP contribution in [0.3, 0.4) is 0 Å². The van der Waals surface area contributed by atoms with E-state index in [1.807, 2.05) is 36.1 Å². The maximum Gasteiger partial charge on any atom is 0.239 e. The van der Waals surface area contributed by atoms with Crippen LogP contribution in [0.4, 0.5) is 5.69 Å². The summed E-state index contributed by atoms with van der Waals surface area (Å²) in [7, 11) is 0. The van der Waals surface area contributed by atoms with E-state index >= 15 is 0 Å². The van der Waals surface area contributed by atoms with Gasteiger partial charge in [0.25, 0.3) is 0 Å². The highest BCUT2D eigenvalue weighted by Gasteiger charge is 2.33. The average Bonchev–Trinajstić information content (AvgIpc) is 2.47. The van der Waals surface area contributed by atoms with Crippen LogP contribution in [0.15, 0.2) is 36.9 Å². The normalized spacial score (nSPS) is 20.5. The molecule has 0 saturated heterocycles. The van der Waals surface area contributed by atoms with Crippen LogP contribution in [0.5, 0.6) is 0 Å². The highest BCUT2D eigenvalue weighted by atomic mass is 16.2. The van der Waals surface area contributed by atoms with E-state index in [1.165, 1.54) is 0 Å². The number of rotatable bonds is 5. The fourth-order valence-electron chi connectivity index (χ4n) is 2.78. The van der Waals surface area contributed by atoms with E-state index in [-0.39, 0.29) is 30.3 Å². The lowest BCUT2D eigenvalue weighted by Crippen LogP contribution is -2.46. The van der Waals surface area contributed by atoms with Crippen molar-refractivity contribution in [2.75, 3.05) is 18.0 Å². The molecular weight excluding hydrogens is 266 g/mol. The minimum atomic E-state index is -0.315. The van der Waals surface area contributed by atoms with Crippen molar-refractivity contribution in [3.05, 3.63) is 42.5 Å². The molecule has 21 heavy (non-hydrogen) atoms. The maximum absolute atomic E-state index is 11.9. The molecule has 1 aromatic rings. The lowest BCUT2D eigenvalue weighted by atomic mass is 9.85. The van der Waals surface area contributed by atoms with Gasteiger partial charge in [0.05, 0.1) is 12.5 Å². The van der Waals surface area contributed by atoms with Crippen LogP contribution >= 0.6 is 0 Å². The van der Waals surface area contributed by atoms with Crippen LogP contribution in [-0.2, 0) is 9.59 Å². The molecule has 1 aromatic carbocycles. The van der Waals surface area contributed by atoms with E-state index < -0.39 is 0 Å². The highest BCUT2D eigenvalue weighted by molar-refractivity contribution is 5.87. The number of nitrogens with zero attached hydrogens (tertiary/aromatic N) is 1. The summed E-state index contributed by atoms with van der Waals surface area (Å²) < 4.78 is 0. The molecule has 5 heteroatoms. The third-order valence-corrected chi connectivity index (χ3v) is 3.83. The van der Waals surface area contributed by atoms with Crippen molar-refractivity contribution in [1.29, 1.82) is 0 Å². The summed E-state index contributed by atoms with van der Waals surface area (Å²) in [6.07, 6.45) is 2.27. The van der Waals surface area contributed by atoms with Crippen molar-refractivity contribution in [3.8, 4) is 0 Å². The minimum Gasteiger partial charge on any atom is -0.369 e. The van der Waals surface area contributed by atoms with Gasteiger partial charge in [-0.1, -0.05) is 24.3 Å². The Balaban J connectivity index is 2.26. The number of hydrogen-bond acceptors (Lipinski definition) is 3. The van der Waals surface area contributed by atoms with E-state index in [4.69, 9.17) is 5.73 Å². The van der Waals surface area contributed by atoms with E-state index in [9.17, 15) is 9.59 Å². The van der Waals surface area contributed by atoms with E-state index in [0.29, 0.717) is 13.0 Å². The molecule has 0 aliphatic carbocycles. The first-order valence-electron chi connectivity index (χ1n) is 7.07. The first-order chi connectivity index (χ1) is 10.0. The molecular formula is C16H21N3O2. The molecule has 2 atom stereocenters. The Kier molecular flexibility index (Phi) is 4.62. The molecule has 0 radical (unpaired) electrons. The molecule has 1 heterocycles. The van der Waals surface area contributed by atoms with Crippen LogP contribution < -0.4 is 16.0 Å². The molecule has 5 nitrogen and oxygen atoms in total. The fourth-order valence-corrected chi connectivity index (χ4v) is 2.78. The van der Waals surface area contributed by atoms with E-state index in [2.05, 4.69) is 11.9 Å². The van der Waals surface area contributed by atoms with Gasteiger partial charge in [0.1, 0.15) is 0 Å². The van der Waals surface area contributed by atoms with Gasteiger partial charge in [-0.15, -0.1) is 6.58 Å². The molecule has 0 aromatic heterocycles. The molecule has 1 aliphatic rings. The first-order valence-corrected chi connectivity index (χ1v) is 7.07. The Hall–Kier alpha value is -2.30. The first kappa shape index (κ1) is 15.1. The zero-order valence-corrected chi connectivity index (χ0v) is 12.2. The summed E-state index contributed by atoms with van der Waals surface area (Å²) >= 11 is 0. The number of carbonyl (C=O) groups is 2. The van der Waals surface area contributed by atoms with Crippen molar-refractivity contribution in [2.45, 2.75) is 25.3 Å². The third kappa shape index (κ3) is 3.24.